The maximum absolute atomic E-state index is 12.6. The van der Waals surface area contributed by atoms with Crippen LogP contribution >= 0.6 is 0 Å². The van der Waals surface area contributed by atoms with Crippen LogP contribution in [0.3, 0.4) is 0 Å². The molecule has 4 rings (SSSR count). The first-order valence-corrected chi connectivity index (χ1v) is 11.6. The Balaban J connectivity index is 1.75. The lowest BCUT2D eigenvalue weighted by molar-refractivity contribution is -0.174. The van der Waals surface area contributed by atoms with E-state index in [0.29, 0.717) is 18.6 Å². The van der Waals surface area contributed by atoms with Crippen LogP contribution in [0.5, 0.6) is 0 Å². The Kier molecular flexibility index (Phi) is 6.61. The molecule has 0 radical (unpaired) electrons. The van der Waals surface area contributed by atoms with Crippen LogP contribution in [0.1, 0.15) is 52.0 Å². The molecule has 1 aromatic carbocycles. The van der Waals surface area contributed by atoms with Crippen molar-refractivity contribution in [2.45, 2.75) is 59.2 Å². The zero-order valence-corrected chi connectivity index (χ0v) is 19.6. The Bertz CT molecular complexity index is 953. The van der Waals surface area contributed by atoms with Crippen molar-refractivity contribution in [1.82, 2.24) is 0 Å². The highest BCUT2D eigenvalue weighted by molar-refractivity contribution is 5.92. The molecule has 1 saturated carbocycles. The summed E-state index contributed by atoms with van der Waals surface area (Å²) in [4.78, 5) is 36.2. The van der Waals surface area contributed by atoms with Gasteiger partial charge in [0.25, 0.3) is 0 Å². The molecule has 0 N–H and O–H groups in total. The molecule has 0 saturated heterocycles. The maximum Gasteiger partial charge on any atom is 0.334 e. The predicted octanol–water partition coefficient (Wildman–Crippen LogP) is 3.75. The summed E-state index contributed by atoms with van der Waals surface area (Å²) in [5.41, 5.74) is 1.60. The fourth-order valence-electron chi connectivity index (χ4n) is 6.17. The quantitative estimate of drug-likeness (QED) is 0.456. The van der Waals surface area contributed by atoms with Crippen molar-refractivity contribution in [1.29, 1.82) is 0 Å². The van der Waals surface area contributed by atoms with Gasteiger partial charge in [-0.05, 0) is 24.0 Å². The lowest BCUT2D eigenvalue weighted by Gasteiger charge is -2.57. The lowest BCUT2D eigenvalue weighted by atomic mass is 9.48. The van der Waals surface area contributed by atoms with Crippen molar-refractivity contribution >= 4 is 17.9 Å². The molecule has 4 unspecified atom stereocenters. The zero-order valence-electron chi connectivity index (χ0n) is 19.6. The second-order valence-corrected chi connectivity index (χ2v) is 9.77. The number of cyclic esters (lactones) is 1. The number of carbonyl (C=O) groups is 3. The number of rotatable bonds is 7. The molecule has 1 aromatic rings. The van der Waals surface area contributed by atoms with E-state index in [1.165, 1.54) is 13.8 Å². The second-order valence-electron chi connectivity index (χ2n) is 9.77. The number of hydrogen-bond acceptors (Lipinski definition) is 7. The fraction of sp³-hybridized carbons (Fsp3) is 0.577. The lowest BCUT2D eigenvalue weighted by Crippen LogP contribution is -2.58. The number of fused-ring (bicyclic) bond motifs is 2. The number of benzene rings is 1. The molecule has 1 aliphatic heterocycles. The molecule has 178 valence electrons. The minimum atomic E-state index is -0.597. The second kappa shape index (κ2) is 9.29. The summed E-state index contributed by atoms with van der Waals surface area (Å²) < 4.78 is 23.1. The summed E-state index contributed by atoms with van der Waals surface area (Å²) in [5.74, 6) is -1.13. The van der Waals surface area contributed by atoms with Crippen molar-refractivity contribution in [2.24, 2.45) is 16.7 Å². The maximum atomic E-state index is 12.6. The van der Waals surface area contributed by atoms with Crippen LogP contribution in [0.4, 0.5) is 0 Å². The number of esters is 3. The van der Waals surface area contributed by atoms with E-state index in [4.69, 9.17) is 18.9 Å². The summed E-state index contributed by atoms with van der Waals surface area (Å²) in [6.07, 6.45) is 2.57. The van der Waals surface area contributed by atoms with Gasteiger partial charge in [0.2, 0.25) is 0 Å². The molecule has 2 aliphatic carbocycles. The van der Waals surface area contributed by atoms with Crippen LogP contribution in [0.15, 0.2) is 41.5 Å². The Hall–Kier alpha value is -2.67. The Morgan fingerprint density at radius 3 is 2.45 bits per heavy atom. The van der Waals surface area contributed by atoms with Gasteiger partial charge in [0.1, 0.15) is 13.2 Å². The molecule has 0 amide bonds. The van der Waals surface area contributed by atoms with Crippen LogP contribution in [0.2, 0.25) is 0 Å². The molecule has 0 aromatic heterocycles. The fourth-order valence-corrected chi connectivity index (χ4v) is 6.17. The van der Waals surface area contributed by atoms with Gasteiger partial charge < -0.3 is 18.9 Å². The van der Waals surface area contributed by atoms with Crippen molar-refractivity contribution in [3.05, 3.63) is 47.0 Å². The van der Waals surface area contributed by atoms with Crippen LogP contribution in [-0.4, -0.2) is 43.8 Å². The van der Waals surface area contributed by atoms with Crippen molar-refractivity contribution in [3.63, 3.8) is 0 Å². The van der Waals surface area contributed by atoms with Crippen LogP contribution in [0, 0.1) is 16.7 Å². The molecule has 0 bridgehead atoms. The molecular weight excluding hydrogens is 424 g/mol. The molecule has 3 aliphatic rings. The molecular formula is C26H32O7. The van der Waals surface area contributed by atoms with Gasteiger partial charge in [0.15, 0.2) is 0 Å². The number of ether oxygens (including phenoxy) is 4. The minimum Gasteiger partial charge on any atom is -0.465 e. The number of hydrogen-bond donors (Lipinski definition) is 0. The van der Waals surface area contributed by atoms with Gasteiger partial charge in [-0.2, -0.15) is 0 Å². The molecule has 4 atom stereocenters. The summed E-state index contributed by atoms with van der Waals surface area (Å²) in [5, 5.41) is 0. The van der Waals surface area contributed by atoms with E-state index in [9.17, 15) is 14.4 Å². The van der Waals surface area contributed by atoms with Gasteiger partial charge in [-0.1, -0.05) is 43.7 Å². The molecule has 7 heteroatoms. The first kappa shape index (κ1) is 23.5. The average molecular weight is 457 g/mol. The van der Waals surface area contributed by atoms with E-state index in [1.807, 2.05) is 30.3 Å². The molecule has 1 fully saturated rings. The van der Waals surface area contributed by atoms with Gasteiger partial charge in [-0.3, -0.25) is 9.59 Å². The van der Waals surface area contributed by atoms with E-state index < -0.39 is 10.8 Å². The standard InChI is InChI=1S/C26H32O7/c1-17(27)32-15-25(3)10-7-11-26(16-33-18(2)28)21-14-31-24(29)20(21)12-22(23(25)26)30-13-19-8-5-4-6-9-19/h4-6,8-9,22-23H,7,10-16H2,1-3H3. The number of carbonyl (C=O) groups excluding carboxylic acids is 3. The predicted molar refractivity (Wildman–Crippen MR) is 119 cm³/mol. The van der Waals surface area contributed by atoms with Gasteiger partial charge in [-0.25, -0.2) is 4.79 Å². The highest BCUT2D eigenvalue weighted by Gasteiger charge is 2.62. The van der Waals surface area contributed by atoms with E-state index in [0.717, 1.165) is 30.4 Å². The molecule has 0 spiro atoms. The van der Waals surface area contributed by atoms with Crippen LogP contribution < -0.4 is 0 Å². The highest BCUT2D eigenvalue weighted by Crippen LogP contribution is 2.61. The van der Waals surface area contributed by atoms with Gasteiger partial charge in [-0.15, -0.1) is 0 Å². The first-order chi connectivity index (χ1) is 15.7. The van der Waals surface area contributed by atoms with Gasteiger partial charge in [0, 0.05) is 42.6 Å². The van der Waals surface area contributed by atoms with E-state index >= 15 is 0 Å². The summed E-state index contributed by atoms with van der Waals surface area (Å²) >= 11 is 0. The third-order valence-electron chi connectivity index (χ3n) is 7.50. The van der Waals surface area contributed by atoms with Crippen molar-refractivity contribution in [3.8, 4) is 0 Å². The van der Waals surface area contributed by atoms with Gasteiger partial charge in [0.05, 0.1) is 19.3 Å². The third kappa shape index (κ3) is 4.56. The highest BCUT2D eigenvalue weighted by atomic mass is 16.5. The average Bonchev–Trinajstić information content (AvgIpc) is 3.17. The monoisotopic (exact) mass is 456 g/mol. The zero-order chi connectivity index (χ0) is 23.6. The summed E-state index contributed by atoms with van der Waals surface area (Å²) in [6.45, 7) is 5.93. The van der Waals surface area contributed by atoms with E-state index in [-0.39, 0.29) is 49.8 Å². The smallest absolute Gasteiger partial charge is 0.334 e. The summed E-state index contributed by atoms with van der Waals surface area (Å²) in [6, 6.07) is 9.89. The Labute approximate surface area is 194 Å². The minimum absolute atomic E-state index is 0.116. The largest absolute Gasteiger partial charge is 0.465 e. The molecule has 1 heterocycles. The van der Waals surface area contributed by atoms with E-state index in [1.54, 1.807) is 0 Å². The molecule has 33 heavy (non-hydrogen) atoms. The Morgan fingerprint density at radius 2 is 1.76 bits per heavy atom. The Morgan fingerprint density at radius 1 is 1.06 bits per heavy atom. The third-order valence-corrected chi connectivity index (χ3v) is 7.50. The van der Waals surface area contributed by atoms with Crippen LogP contribution in [-0.2, 0) is 39.9 Å². The van der Waals surface area contributed by atoms with Crippen molar-refractivity contribution in [2.75, 3.05) is 19.8 Å². The topological polar surface area (TPSA) is 88.1 Å². The van der Waals surface area contributed by atoms with Crippen LogP contribution in [0.25, 0.3) is 0 Å². The SMILES string of the molecule is CC(=O)OCC1(C)CCCC2(COC(C)=O)C3=C(CC(OCc4ccccc4)C12)C(=O)OC3. The summed E-state index contributed by atoms with van der Waals surface area (Å²) in [7, 11) is 0. The van der Waals surface area contributed by atoms with E-state index in [2.05, 4.69) is 6.92 Å². The first-order valence-electron chi connectivity index (χ1n) is 11.6. The van der Waals surface area contributed by atoms with Crippen molar-refractivity contribution < 1.29 is 33.3 Å². The van der Waals surface area contributed by atoms with Gasteiger partial charge >= 0.3 is 17.9 Å². The molecule has 7 nitrogen and oxygen atoms in total. The normalized spacial score (nSPS) is 30.8.